The summed E-state index contributed by atoms with van der Waals surface area (Å²) in [5, 5.41) is 16.8. The van der Waals surface area contributed by atoms with Gasteiger partial charge in [-0.05, 0) is 42.0 Å². The number of benzene rings is 2. The molecule has 0 atom stereocenters. The van der Waals surface area contributed by atoms with E-state index < -0.39 is 0 Å². The first-order valence-corrected chi connectivity index (χ1v) is 9.22. The molecule has 0 saturated carbocycles. The molecule has 0 saturated heterocycles. The van der Waals surface area contributed by atoms with Gasteiger partial charge in [-0.1, -0.05) is 23.7 Å². The third kappa shape index (κ3) is 3.55. The fourth-order valence-corrected chi connectivity index (χ4v) is 3.33. The minimum atomic E-state index is -0.150. The molecule has 29 heavy (non-hydrogen) atoms. The second-order valence-electron chi connectivity index (χ2n) is 6.50. The molecule has 1 N–H and O–H groups in total. The van der Waals surface area contributed by atoms with E-state index in [9.17, 15) is 5.11 Å². The average molecular weight is 404 g/mol. The topological polar surface area (TPSA) is 86.0 Å². The monoisotopic (exact) mass is 403 g/mol. The van der Waals surface area contributed by atoms with E-state index in [1.807, 2.05) is 47.3 Å². The molecule has 3 heterocycles. The van der Waals surface area contributed by atoms with Gasteiger partial charge in [0.25, 0.3) is 0 Å². The Morgan fingerprint density at radius 2 is 1.97 bits per heavy atom. The zero-order valence-corrected chi connectivity index (χ0v) is 15.8. The van der Waals surface area contributed by atoms with E-state index in [0.717, 1.165) is 16.5 Å². The van der Waals surface area contributed by atoms with Crippen LogP contribution in [0.4, 0.5) is 0 Å². The van der Waals surface area contributed by atoms with Crippen LogP contribution in [0.2, 0.25) is 5.02 Å². The van der Waals surface area contributed by atoms with Crippen molar-refractivity contribution in [1.29, 1.82) is 0 Å². The molecule has 5 aromatic rings. The molecule has 142 valence electrons. The molecule has 0 aliphatic rings. The lowest BCUT2D eigenvalue weighted by Crippen LogP contribution is -1.99. The number of rotatable bonds is 4. The standard InChI is InChI=1S/C21H14ClN5O2/c22-15-3-1-2-13(8-15)11-27-12-14-9-16(4-5-18(14)26-27)29-21-24-19-10-23-7-6-17(19)20(28)25-21/h1-10,12H,11H2,(H,24,25,28). The largest absolute Gasteiger partial charge is 0.493 e. The van der Waals surface area contributed by atoms with Gasteiger partial charge in [-0.15, -0.1) is 0 Å². The minimum absolute atomic E-state index is 0.0497. The molecule has 0 spiro atoms. The summed E-state index contributed by atoms with van der Waals surface area (Å²) in [6.45, 7) is 0.611. The smallest absolute Gasteiger partial charge is 0.325 e. The van der Waals surface area contributed by atoms with Gasteiger partial charge >= 0.3 is 6.01 Å². The highest BCUT2D eigenvalue weighted by Gasteiger charge is 2.10. The number of fused-ring (bicyclic) bond motifs is 2. The number of aromatic nitrogens is 5. The van der Waals surface area contributed by atoms with E-state index in [1.165, 1.54) is 0 Å². The zero-order chi connectivity index (χ0) is 19.8. The first kappa shape index (κ1) is 17.4. The van der Waals surface area contributed by atoms with Crippen LogP contribution in [-0.2, 0) is 6.54 Å². The highest BCUT2D eigenvalue weighted by molar-refractivity contribution is 6.30. The van der Waals surface area contributed by atoms with Gasteiger partial charge < -0.3 is 9.84 Å². The summed E-state index contributed by atoms with van der Waals surface area (Å²) in [7, 11) is 0. The number of nitrogens with zero attached hydrogens (tertiary/aromatic N) is 5. The van der Waals surface area contributed by atoms with Crippen LogP contribution in [0.3, 0.4) is 0 Å². The van der Waals surface area contributed by atoms with E-state index in [4.69, 9.17) is 16.3 Å². The van der Waals surface area contributed by atoms with Gasteiger partial charge in [0.05, 0.1) is 29.2 Å². The summed E-state index contributed by atoms with van der Waals surface area (Å²) in [5.74, 6) is 0.394. The molecular weight excluding hydrogens is 390 g/mol. The number of halogens is 1. The van der Waals surface area contributed by atoms with Crippen molar-refractivity contribution in [2.75, 3.05) is 0 Å². The van der Waals surface area contributed by atoms with Gasteiger partial charge in [-0.3, -0.25) is 9.67 Å². The Hall–Kier alpha value is -3.71. The van der Waals surface area contributed by atoms with Crippen molar-refractivity contribution in [2.24, 2.45) is 0 Å². The summed E-state index contributed by atoms with van der Waals surface area (Å²) in [5.41, 5.74) is 2.41. The van der Waals surface area contributed by atoms with Crippen molar-refractivity contribution < 1.29 is 9.84 Å². The van der Waals surface area contributed by atoms with Crippen molar-refractivity contribution in [3.05, 3.63) is 77.7 Å². The predicted octanol–water partition coefficient (Wildman–Crippen LogP) is 4.57. The molecule has 0 aliphatic carbocycles. The maximum Gasteiger partial charge on any atom is 0.325 e. The number of pyridine rings is 1. The van der Waals surface area contributed by atoms with Crippen molar-refractivity contribution in [3.63, 3.8) is 0 Å². The molecule has 0 bridgehead atoms. The highest BCUT2D eigenvalue weighted by Crippen LogP contribution is 2.27. The second-order valence-corrected chi connectivity index (χ2v) is 6.94. The zero-order valence-electron chi connectivity index (χ0n) is 15.0. The van der Waals surface area contributed by atoms with Crippen LogP contribution >= 0.6 is 11.6 Å². The van der Waals surface area contributed by atoms with Crippen LogP contribution in [0.25, 0.3) is 21.8 Å². The van der Waals surface area contributed by atoms with E-state index in [0.29, 0.717) is 28.2 Å². The summed E-state index contributed by atoms with van der Waals surface area (Å²) >= 11 is 6.06. The Labute approximate surface area is 170 Å². The third-order valence-corrected chi connectivity index (χ3v) is 4.66. The van der Waals surface area contributed by atoms with E-state index in [1.54, 1.807) is 24.5 Å². The van der Waals surface area contributed by atoms with Gasteiger partial charge in [-0.2, -0.15) is 15.1 Å². The molecule has 2 aromatic carbocycles. The lowest BCUT2D eigenvalue weighted by molar-refractivity contribution is 0.412. The molecular formula is C21H14ClN5O2. The normalized spacial score (nSPS) is 11.2. The summed E-state index contributed by atoms with van der Waals surface area (Å²) in [6.07, 6.45) is 5.05. The second kappa shape index (κ2) is 7.03. The third-order valence-electron chi connectivity index (χ3n) is 4.42. The van der Waals surface area contributed by atoms with Crippen LogP contribution < -0.4 is 4.74 Å². The number of aromatic hydroxyl groups is 1. The lowest BCUT2D eigenvalue weighted by atomic mass is 10.2. The maximum atomic E-state index is 10.1. The summed E-state index contributed by atoms with van der Waals surface area (Å²) in [4.78, 5) is 12.3. The highest BCUT2D eigenvalue weighted by atomic mass is 35.5. The molecule has 0 fully saturated rings. The Morgan fingerprint density at radius 3 is 2.86 bits per heavy atom. The number of ether oxygens (including phenoxy) is 1. The molecule has 0 radical (unpaired) electrons. The van der Waals surface area contributed by atoms with E-state index >= 15 is 0 Å². The quantitative estimate of drug-likeness (QED) is 0.473. The van der Waals surface area contributed by atoms with E-state index in [2.05, 4.69) is 20.1 Å². The van der Waals surface area contributed by atoms with Gasteiger partial charge in [0.2, 0.25) is 5.88 Å². The van der Waals surface area contributed by atoms with Gasteiger partial charge in [0.15, 0.2) is 0 Å². The Balaban J connectivity index is 1.43. The molecule has 0 aliphatic heterocycles. The van der Waals surface area contributed by atoms with Crippen molar-refractivity contribution >= 4 is 33.4 Å². The van der Waals surface area contributed by atoms with Crippen molar-refractivity contribution in [3.8, 4) is 17.6 Å². The van der Waals surface area contributed by atoms with Crippen LogP contribution in [0.5, 0.6) is 17.6 Å². The SMILES string of the molecule is Oc1nc(Oc2ccc3nn(Cc4cccc(Cl)c4)cc3c2)nc2cnccc12. The molecule has 7 nitrogen and oxygen atoms in total. The number of hydrogen-bond acceptors (Lipinski definition) is 6. The van der Waals surface area contributed by atoms with Gasteiger partial charge in [0, 0.05) is 22.8 Å². The fraction of sp³-hybridized carbons (Fsp3) is 0.0476. The van der Waals surface area contributed by atoms with E-state index in [-0.39, 0.29) is 11.9 Å². The van der Waals surface area contributed by atoms with Crippen LogP contribution in [0, 0.1) is 0 Å². The van der Waals surface area contributed by atoms with Crippen LogP contribution in [-0.4, -0.2) is 29.8 Å². The van der Waals surface area contributed by atoms with Gasteiger partial charge in [0.1, 0.15) is 5.75 Å². The fourth-order valence-electron chi connectivity index (χ4n) is 3.12. The minimum Gasteiger partial charge on any atom is -0.493 e. The Kier molecular flexibility index (Phi) is 4.22. The van der Waals surface area contributed by atoms with Crippen molar-refractivity contribution in [1.82, 2.24) is 24.7 Å². The van der Waals surface area contributed by atoms with Crippen LogP contribution in [0.1, 0.15) is 5.56 Å². The molecule has 5 rings (SSSR count). The predicted molar refractivity (Wildman–Crippen MR) is 109 cm³/mol. The first-order valence-electron chi connectivity index (χ1n) is 8.84. The number of hydrogen-bond donors (Lipinski definition) is 1. The van der Waals surface area contributed by atoms with Crippen LogP contribution in [0.15, 0.2) is 67.1 Å². The van der Waals surface area contributed by atoms with Crippen molar-refractivity contribution in [2.45, 2.75) is 6.54 Å². The summed E-state index contributed by atoms with van der Waals surface area (Å²) < 4.78 is 7.61. The Bertz CT molecular complexity index is 1350. The Morgan fingerprint density at radius 1 is 1.03 bits per heavy atom. The molecule has 8 heteroatoms. The first-order chi connectivity index (χ1) is 14.1. The molecule has 0 amide bonds. The molecule has 0 unspecified atom stereocenters. The molecule has 3 aromatic heterocycles. The summed E-state index contributed by atoms with van der Waals surface area (Å²) in [6, 6.07) is 14.9. The van der Waals surface area contributed by atoms with Gasteiger partial charge in [-0.25, -0.2) is 0 Å². The average Bonchev–Trinajstić information content (AvgIpc) is 3.09. The maximum absolute atomic E-state index is 10.1. The lowest BCUT2D eigenvalue weighted by Gasteiger charge is -2.05.